The Kier molecular flexibility index (Phi) is 6.36. The number of benzene rings is 1. The second kappa shape index (κ2) is 9.58. The molecule has 0 saturated heterocycles. The normalized spacial score (nSPS) is 26.5. The molecule has 0 spiro atoms. The number of rotatable bonds is 8. The zero-order valence-electron chi connectivity index (χ0n) is 23.3. The fourth-order valence-electron chi connectivity index (χ4n) is 8.24. The monoisotopic (exact) mass is 516 g/mol. The molecule has 7 heteroatoms. The van der Waals surface area contributed by atoms with Gasteiger partial charge in [-0.25, -0.2) is 9.50 Å². The molecule has 202 valence electrons. The molecule has 2 aromatic heterocycles. The van der Waals surface area contributed by atoms with Gasteiger partial charge in [-0.05, 0) is 107 Å². The van der Waals surface area contributed by atoms with Gasteiger partial charge in [-0.2, -0.15) is 5.10 Å². The van der Waals surface area contributed by atoms with Crippen molar-refractivity contribution in [2.75, 3.05) is 14.2 Å². The Labute approximate surface area is 225 Å². The molecule has 2 heterocycles. The Morgan fingerprint density at radius 2 is 1.76 bits per heavy atom. The van der Waals surface area contributed by atoms with E-state index in [-0.39, 0.29) is 11.9 Å². The molecule has 0 unspecified atom stereocenters. The van der Waals surface area contributed by atoms with Crippen LogP contribution in [0.3, 0.4) is 0 Å². The van der Waals surface area contributed by atoms with Gasteiger partial charge >= 0.3 is 0 Å². The molecule has 4 fully saturated rings. The minimum Gasteiger partial charge on any atom is -0.497 e. The number of fused-ring (bicyclic) bond motifs is 1. The number of nitrogens with one attached hydrogen (secondary N) is 1. The van der Waals surface area contributed by atoms with Gasteiger partial charge in [0.15, 0.2) is 5.65 Å². The molecule has 1 N–H and O–H groups in total. The molecular weight excluding hydrogens is 476 g/mol. The third-order valence-corrected chi connectivity index (χ3v) is 9.83. The first-order valence-electron chi connectivity index (χ1n) is 14.2. The Balaban J connectivity index is 1.17. The van der Waals surface area contributed by atoms with Crippen LogP contribution in [0, 0.1) is 37.0 Å². The van der Waals surface area contributed by atoms with Gasteiger partial charge in [0.25, 0.3) is 0 Å². The van der Waals surface area contributed by atoms with Gasteiger partial charge in [-0.3, -0.25) is 4.79 Å². The molecule has 1 atom stereocenters. The number of nitrogens with zero attached hydrogens (tertiary/aromatic N) is 3. The SMILES string of the molecule is COc1ccc(-c2cc3nc(C)c(CCC(=O)N[C@@H](C)C45CC6CC(CC(C6)C4)C5)c(C)n3n2)c(OC)c1. The molecule has 7 rings (SSSR count). The summed E-state index contributed by atoms with van der Waals surface area (Å²) in [7, 11) is 3.29. The molecule has 4 aliphatic carbocycles. The number of aryl methyl sites for hydroxylation is 2. The fourth-order valence-corrected chi connectivity index (χ4v) is 8.24. The van der Waals surface area contributed by atoms with Crippen LogP contribution < -0.4 is 14.8 Å². The van der Waals surface area contributed by atoms with Crippen molar-refractivity contribution >= 4 is 11.6 Å². The van der Waals surface area contributed by atoms with Crippen molar-refractivity contribution in [1.82, 2.24) is 19.9 Å². The average molecular weight is 517 g/mol. The zero-order chi connectivity index (χ0) is 26.6. The largest absolute Gasteiger partial charge is 0.497 e. The lowest BCUT2D eigenvalue weighted by Gasteiger charge is -2.59. The minimum absolute atomic E-state index is 0.149. The van der Waals surface area contributed by atoms with Gasteiger partial charge in [0.05, 0.1) is 19.9 Å². The predicted octanol–water partition coefficient (Wildman–Crippen LogP) is 5.68. The summed E-state index contributed by atoms with van der Waals surface area (Å²) in [5.41, 5.74) is 5.85. The number of hydrogen-bond donors (Lipinski definition) is 1. The topological polar surface area (TPSA) is 77.8 Å². The predicted molar refractivity (Wildman–Crippen MR) is 148 cm³/mol. The van der Waals surface area contributed by atoms with Gasteiger partial charge in [0.2, 0.25) is 5.91 Å². The van der Waals surface area contributed by atoms with Crippen LogP contribution in [0.4, 0.5) is 0 Å². The standard InChI is InChI=1S/C31H40N4O3/c1-18-25(8-9-30(36)33-20(3)31-15-21-10-22(16-31)12-23(11-21)17-31)19(2)35-29(32-18)14-27(34-35)26-7-6-24(37-4)13-28(26)38-5/h6-7,13-14,20-23H,8-12,15-17H2,1-5H3,(H,33,36)/t20-,21?,22?,23?,31?/m0/s1. The smallest absolute Gasteiger partial charge is 0.220 e. The highest BCUT2D eigenvalue weighted by Gasteiger charge is 2.53. The second-order valence-electron chi connectivity index (χ2n) is 12.2. The summed E-state index contributed by atoms with van der Waals surface area (Å²) in [4.78, 5) is 18.0. The molecule has 7 nitrogen and oxygen atoms in total. The lowest BCUT2D eigenvalue weighted by molar-refractivity contribution is -0.125. The van der Waals surface area contributed by atoms with E-state index in [1.165, 1.54) is 38.5 Å². The van der Waals surface area contributed by atoms with E-state index in [1.807, 2.05) is 35.7 Å². The van der Waals surface area contributed by atoms with Crippen LogP contribution in [-0.2, 0) is 11.2 Å². The number of carbonyl (C=O) groups excluding carboxylic acids is 1. The molecule has 3 aromatic rings. The van der Waals surface area contributed by atoms with Crippen molar-refractivity contribution in [3.05, 3.63) is 41.2 Å². The van der Waals surface area contributed by atoms with E-state index in [2.05, 4.69) is 19.2 Å². The summed E-state index contributed by atoms with van der Waals surface area (Å²) in [6, 6.07) is 7.95. The van der Waals surface area contributed by atoms with Gasteiger partial charge < -0.3 is 14.8 Å². The summed E-state index contributed by atoms with van der Waals surface area (Å²) in [5, 5.41) is 8.29. The first kappa shape index (κ1) is 25.2. The van der Waals surface area contributed by atoms with Crippen molar-refractivity contribution in [2.24, 2.45) is 23.2 Å². The van der Waals surface area contributed by atoms with Crippen molar-refractivity contribution in [2.45, 2.75) is 78.2 Å². The molecule has 0 aliphatic heterocycles. The quantitative estimate of drug-likeness (QED) is 0.417. The maximum absolute atomic E-state index is 13.1. The Bertz CT molecular complexity index is 1340. The molecule has 1 amide bonds. The summed E-state index contributed by atoms with van der Waals surface area (Å²) in [6.07, 6.45) is 9.31. The number of carbonyl (C=O) groups is 1. The molecular formula is C31H40N4O3. The highest BCUT2D eigenvalue weighted by atomic mass is 16.5. The van der Waals surface area contributed by atoms with Gasteiger partial charge in [0.1, 0.15) is 11.5 Å². The highest BCUT2D eigenvalue weighted by Crippen LogP contribution is 2.61. The lowest BCUT2D eigenvalue weighted by Crippen LogP contribution is -2.55. The van der Waals surface area contributed by atoms with E-state index in [9.17, 15) is 4.79 Å². The molecule has 4 bridgehead atoms. The van der Waals surface area contributed by atoms with Crippen LogP contribution >= 0.6 is 0 Å². The third kappa shape index (κ3) is 4.34. The van der Waals surface area contributed by atoms with E-state index in [1.54, 1.807) is 14.2 Å². The lowest BCUT2D eigenvalue weighted by atomic mass is 9.48. The zero-order valence-corrected chi connectivity index (χ0v) is 23.3. The molecule has 4 aliphatic rings. The Morgan fingerprint density at radius 3 is 2.39 bits per heavy atom. The number of aromatic nitrogens is 3. The first-order valence-corrected chi connectivity index (χ1v) is 14.2. The molecule has 38 heavy (non-hydrogen) atoms. The number of hydrogen-bond acceptors (Lipinski definition) is 5. The molecule has 4 saturated carbocycles. The van der Waals surface area contributed by atoms with Crippen LogP contribution in [0.25, 0.3) is 16.9 Å². The van der Waals surface area contributed by atoms with Gasteiger partial charge in [-0.1, -0.05) is 0 Å². The summed E-state index contributed by atoms with van der Waals surface area (Å²) in [5.74, 6) is 4.25. The fraction of sp³-hybridized carbons (Fsp3) is 0.581. The summed E-state index contributed by atoms with van der Waals surface area (Å²) < 4.78 is 12.8. The summed E-state index contributed by atoms with van der Waals surface area (Å²) >= 11 is 0. The minimum atomic E-state index is 0.149. The van der Waals surface area contributed by atoms with Crippen LogP contribution in [0.15, 0.2) is 24.3 Å². The van der Waals surface area contributed by atoms with Crippen molar-refractivity contribution < 1.29 is 14.3 Å². The maximum Gasteiger partial charge on any atom is 0.220 e. The first-order chi connectivity index (χ1) is 18.3. The van der Waals surface area contributed by atoms with Gasteiger partial charge in [0, 0.05) is 41.5 Å². The van der Waals surface area contributed by atoms with E-state index >= 15 is 0 Å². The summed E-state index contributed by atoms with van der Waals surface area (Å²) in [6.45, 7) is 6.35. The number of ether oxygens (including phenoxy) is 2. The maximum atomic E-state index is 13.1. The Morgan fingerprint density at radius 1 is 1.08 bits per heavy atom. The third-order valence-electron chi connectivity index (χ3n) is 9.83. The van der Waals surface area contributed by atoms with E-state index < -0.39 is 0 Å². The molecule has 0 radical (unpaired) electrons. The van der Waals surface area contributed by atoms with Crippen molar-refractivity contribution in [1.29, 1.82) is 0 Å². The second-order valence-corrected chi connectivity index (χ2v) is 12.2. The van der Waals surface area contributed by atoms with Crippen LogP contribution in [0.5, 0.6) is 11.5 Å². The van der Waals surface area contributed by atoms with E-state index in [4.69, 9.17) is 19.6 Å². The van der Waals surface area contributed by atoms with Crippen molar-refractivity contribution in [3.63, 3.8) is 0 Å². The number of amides is 1. The van der Waals surface area contributed by atoms with Crippen molar-refractivity contribution in [3.8, 4) is 22.8 Å². The van der Waals surface area contributed by atoms with Crippen LogP contribution in [0.2, 0.25) is 0 Å². The number of methoxy groups -OCH3 is 2. The van der Waals surface area contributed by atoms with Gasteiger partial charge in [-0.15, -0.1) is 0 Å². The van der Waals surface area contributed by atoms with Crippen LogP contribution in [-0.4, -0.2) is 40.8 Å². The highest BCUT2D eigenvalue weighted by molar-refractivity contribution is 5.77. The van der Waals surface area contributed by atoms with Crippen LogP contribution in [0.1, 0.15) is 68.8 Å². The van der Waals surface area contributed by atoms with E-state index in [0.717, 1.165) is 57.4 Å². The molecule has 1 aromatic carbocycles. The Hall–Kier alpha value is -3.09. The van der Waals surface area contributed by atoms with E-state index in [0.29, 0.717) is 24.0 Å². The average Bonchev–Trinajstić information content (AvgIpc) is 3.31.